The highest BCUT2D eigenvalue weighted by atomic mass is 32.2. The third kappa shape index (κ3) is 3.68. The van der Waals surface area contributed by atoms with E-state index in [-0.39, 0.29) is 25.8 Å². The number of piperidine rings is 1. The smallest absolute Gasteiger partial charge is 0.375 e. The first-order chi connectivity index (χ1) is 13.6. The second kappa shape index (κ2) is 6.76. The minimum absolute atomic E-state index is 0.0618. The standard InChI is InChI=1S/C17H14F6N2O4S/c1-15-2-3-25(14(26)16(18,19)20)11(7-15)5-9-4-10(8-24)13(6-12(9)15)29-30(27,28)17(21,22)23/h4,6,11H,2-3,5,7H2,1H3/t11-,15?/m0/s1. The van der Waals surface area contributed by atoms with Gasteiger partial charge in [-0.25, -0.2) is 0 Å². The van der Waals surface area contributed by atoms with Gasteiger partial charge in [0.25, 0.3) is 0 Å². The van der Waals surface area contributed by atoms with E-state index in [4.69, 9.17) is 0 Å². The molecule has 1 aromatic rings. The van der Waals surface area contributed by atoms with E-state index in [9.17, 15) is 44.8 Å². The quantitative estimate of drug-likeness (QED) is 0.388. The largest absolute Gasteiger partial charge is 0.534 e. The number of nitriles is 1. The molecule has 30 heavy (non-hydrogen) atoms. The Bertz CT molecular complexity index is 1040. The Balaban J connectivity index is 2.03. The average Bonchev–Trinajstić information content (AvgIpc) is 2.59. The van der Waals surface area contributed by atoms with Crippen molar-refractivity contribution in [3.63, 3.8) is 0 Å². The molecule has 1 fully saturated rings. The molecule has 0 aromatic heterocycles. The number of nitrogens with zero attached hydrogens (tertiary/aromatic N) is 2. The lowest BCUT2D eigenvalue weighted by atomic mass is 9.65. The van der Waals surface area contributed by atoms with Gasteiger partial charge in [-0.05, 0) is 47.9 Å². The monoisotopic (exact) mass is 456 g/mol. The highest BCUT2D eigenvalue weighted by Gasteiger charge is 2.52. The molecule has 164 valence electrons. The molecule has 0 N–H and O–H groups in total. The summed E-state index contributed by atoms with van der Waals surface area (Å²) >= 11 is 0. The van der Waals surface area contributed by atoms with Crippen LogP contribution in [-0.4, -0.2) is 43.5 Å². The van der Waals surface area contributed by atoms with Crippen LogP contribution in [0, 0.1) is 11.3 Å². The summed E-state index contributed by atoms with van der Waals surface area (Å²) in [6, 6.07) is 2.84. The predicted molar refractivity (Wildman–Crippen MR) is 88.6 cm³/mol. The topological polar surface area (TPSA) is 87.5 Å². The minimum atomic E-state index is -6.02. The fourth-order valence-corrected chi connectivity index (χ4v) is 4.54. The number of halogens is 6. The van der Waals surface area contributed by atoms with E-state index in [2.05, 4.69) is 4.18 Å². The first kappa shape index (κ1) is 22.2. The summed E-state index contributed by atoms with van der Waals surface area (Å²) in [7, 11) is -6.02. The highest BCUT2D eigenvalue weighted by Crippen LogP contribution is 2.47. The molecule has 6 nitrogen and oxygen atoms in total. The maximum Gasteiger partial charge on any atom is 0.534 e. The molecular formula is C17H14F6N2O4S. The lowest BCUT2D eigenvalue weighted by Gasteiger charge is -2.49. The van der Waals surface area contributed by atoms with Crippen molar-refractivity contribution in [3.05, 3.63) is 28.8 Å². The van der Waals surface area contributed by atoms with E-state index in [0.717, 1.165) is 17.0 Å². The molecular weight excluding hydrogens is 442 g/mol. The minimum Gasteiger partial charge on any atom is -0.375 e. The Morgan fingerprint density at radius 2 is 1.90 bits per heavy atom. The van der Waals surface area contributed by atoms with E-state index in [1.165, 1.54) is 6.07 Å². The van der Waals surface area contributed by atoms with Gasteiger partial charge < -0.3 is 9.08 Å². The Kier molecular flexibility index (Phi) is 5.00. The van der Waals surface area contributed by atoms with Gasteiger partial charge in [0.2, 0.25) is 0 Å². The molecule has 2 aliphatic rings. The summed E-state index contributed by atoms with van der Waals surface area (Å²) in [4.78, 5) is 12.4. The summed E-state index contributed by atoms with van der Waals surface area (Å²) in [6.45, 7) is 1.43. The Hall–Kier alpha value is -2.49. The second-order valence-electron chi connectivity index (χ2n) is 7.47. The van der Waals surface area contributed by atoms with Gasteiger partial charge in [0.15, 0.2) is 5.75 Å². The van der Waals surface area contributed by atoms with E-state index >= 15 is 0 Å². The molecule has 0 saturated carbocycles. The van der Waals surface area contributed by atoms with E-state index < -0.39 is 50.5 Å². The summed E-state index contributed by atoms with van der Waals surface area (Å²) in [5.74, 6) is -2.78. The van der Waals surface area contributed by atoms with Crippen LogP contribution in [0.25, 0.3) is 0 Å². The van der Waals surface area contributed by atoms with Crippen molar-refractivity contribution in [1.82, 2.24) is 4.90 Å². The maximum absolute atomic E-state index is 12.9. The van der Waals surface area contributed by atoms with Gasteiger partial charge in [-0.1, -0.05) is 6.92 Å². The SMILES string of the molecule is CC12CCN(C(=O)C(F)(F)F)[C@@H](Cc3cc(C#N)c(OS(=O)(=O)C(F)(F)F)cc31)C2. The van der Waals surface area contributed by atoms with Crippen molar-refractivity contribution < 1.29 is 43.7 Å². The van der Waals surface area contributed by atoms with E-state index in [1.807, 2.05) is 0 Å². The van der Waals surface area contributed by atoms with Crippen molar-refractivity contribution in [2.45, 2.75) is 49.3 Å². The molecule has 1 unspecified atom stereocenters. The number of fused-ring (bicyclic) bond motifs is 4. The molecule has 0 radical (unpaired) electrons. The number of amides is 1. The average molecular weight is 456 g/mol. The summed E-state index contributed by atoms with van der Waals surface area (Å²) in [6.07, 6.45) is -4.95. The Morgan fingerprint density at radius 1 is 1.27 bits per heavy atom. The number of benzene rings is 1. The van der Waals surface area contributed by atoms with E-state index in [0.29, 0.717) is 11.1 Å². The van der Waals surface area contributed by atoms with Crippen LogP contribution in [0.4, 0.5) is 26.3 Å². The zero-order valence-electron chi connectivity index (χ0n) is 15.3. The number of likely N-dealkylation sites (tertiary alicyclic amines) is 1. The zero-order valence-corrected chi connectivity index (χ0v) is 16.1. The van der Waals surface area contributed by atoms with Crippen molar-refractivity contribution in [2.24, 2.45) is 0 Å². The number of hydrogen-bond donors (Lipinski definition) is 0. The van der Waals surface area contributed by atoms with Gasteiger partial charge >= 0.3 is 27.7 Å². The third-order valence-corrected chi connectivity index (χ3v) is 6.42. The lowest BCUT2D eigenvalue weighted by molar-refractivity contribution is -0.190. The molecule has 3 rings (SSSR count). The van der Waals surface area contributed by atoms with Crippen LogP contribution in [0.1, 0.15) is 36.5 Å². The van der Waals surface area contributed by atoms with Crippen LogP contribution in [0.3, 0.4) is 0 Å². The van der Waals surface area contributed by atoms with Gasteiger partial charge in [0.05, 0.1) is 5.56 Å². The summed E-state index contributed by atoms with van der Waals surface area (Å²) < 4.78 is 103. The fourth-order valence-electron chi connectivity index (χ4n) is 4.07. The van der Waals surface area contributed by atoms with Crippen molar-refractivity contribution in [2.75, 3.05) is 6.54 Å². The van der Waals surface area contributed by atoms with Crippen LogP contribution in [0.2, 0.25) is 0 Å². The first-order valence-electron chi connectivity index (χ1n) is 8.55. The molecule has 1 aliphatic carbocycles. The zero-order chi connectivity index (χ0) is 22.7. The lowest BCUT2D eigenvalue weighted by Crippen LogP contribution is -2.57. The van der Waals surface area contributed by atoms with Crippen LogP contribution >= 0.6 is 0 Å². The van der Waals surface area contributed by atoms with Crippen molar-refractivity contribution in [3.8, 4) is 11.8 Å². The molecule has 1 aliphatic heterocycles. The first-order valence-corrected chi connectivity index (χ1v) is 9.96. The fraction of sp³-hybridized carbons (Fsp3) is 0.529. The number of rotatable bonds is 2. The Morgan fingerprint density at radius 3 is 2.43 bits per heavy atom. The van der Waals surface area contributed by atoms with Gasteiger partial charge in [-0.3, -0.25) is 4.79 Å². The predicted octanol–water partition coefficient (Wildman–Crippen LogP) is 3.15. The molecule has 13 heteroatoms. The Labute approximate surface area is 167 Å². The summed E-state index contributed by atoms with van der Waals surface area (Å²) in [5.41, 5.74) is -6.33. The summed E-state index contributed by atoms with van der Waals surface area (Å²) in [5, 5.41) is 9.21. The van der Waals surface area contributed by atoms with Crippen molar-refractivity contribution >= 4 is 16.0 Å². The van der Waals surface area contributed by atoms with Crippen LogP contribution in [-0.2, 0) is 26.7 Å². The normalized spacial score (nSPS) is 24.1. The van der Waals surface area contributed by atoms with Crippen LogP contribution in [0.5, 0.6) is 5.75 Å². The van der Waals surface area contributed by atoms with Gasteiger partial charge in [0.1, 0.15) is 6.07 Å². The molecule has 1 aromatic carbocycles. The second-order valence-corrected chi connectivity index (χ2v) is 9.01. The highest BCUT2D eigenvalue weighted by molar-refractivity contribution is 7.88. The van der Waals surface area contributed by atoms with Crippen molar-refractivity contribution in [1.29, 1.82) is 5.26 Å². The van der Waals surface area contributed by atoms with Gasteiger partial charge in [-0.2, -0.15) is 40.0 Å². The maximum atomic E-state index is 12.9. The van der Waals surface area contributed by atoms with Crippen LogP contribution in [0.15, 0.2) is 12.1 Å². The molecule has 2 bridgehead atoms. The van der Waals surface area contributed by atoms with Crippen LogP contribution < -0.4 is 4.18 Å². The molecule has 1 amide bonds. The molecule has 2 atom stereocenters. The number of carbonyl (C=O) groups is 1. The number of alkyl halides is 6. The van der Waals surface area contributed by atoms with Gasteiger partial charge in [-0.15, -0.1) is 0 Å². The molecule has 1 saturated heterocycles. The van der Waals surface area contributed by atoms with Gasteiger partial charge in [0, 0.05) is 12.6 Å². The third-order valence-electron chi connectivity index (χ3n) is 5.45. The molecule has 0 spiro atoms. The number of carbonyl (C=O) groups excluding carboxylic acids is 1. The number of hydrogen-bond acceptors (Lipinski definition) is 5. The molecule has 1 heterocycles. The van der Waals surface area contributed by atoms with E-state index in [1.54, 1.807) is 6.92 Å².